The Kier molecular flexibility index (Phi) is 5.19. The maximum Gasteiger partial charge on any atom is 0.0996 e. The van der Waals surface area contributed by atoms with E-state index in [4.69, 9.17) is 0 Å². The number of hydrogen-bond donors (Lipinski definition) is 1. The van der Waals surface area contributed by atoms with Gasteiger partial charge in [-0.05, 0) is 72.7 Å². The maximum atomic E-state index is 10.8. The van der Waals surface area contributed by atoms with Crippen molar-refractivity contribution in [1.29, 1.82) is 0 Å². The molecule has 1 N–H and O–H groups in total. The zero-order valence-electron chi connectivity index (χ0n) is 13.9. The van der Waals surface area contributed by atoms with E-state index in [9.17, 15) is 5.11 Å². The zero-order chi connectivity index (χ0) is 15.8. The highest BCUT2D eigenvalue weighted by atomic mass is 79.9. The van der Waals surface area contributed by atoms with Crippen molar-refractivity contribution in [1.82, 2.24) is 9.78 Å². The Morgan fingerprint density at radius 2 is 1.81 bits per heavy atom. The van der Waals surface area contributed by atoms with Crippen molar-refractivity contribution in [3.8, 4) is 0 Å². The van der Waals surface area contributed by atoms with Gasteiger partial charge in [-0.25, -0.2) is 0 Å². The molecule has 1 saturated carbocycles. The highest BCUT2D eigenvalue weighted by Crippen LogP contribution is 2.44. The van der Waals surface area contributed by atoms with Crippen LogP contribution in [0, 0.1) is 17.3 Å². The molecule has 1 aliphatic carbocycles. The molecule has 1 heterocycles. The van der Waals surface area contributed by atoms with Gasteiger partial charge < -0.3 is 5.11 Å². The molecule has 1 aliphatic rings. The SMILES string of the molecule is CC(C)n1ncc(Br)c1C(O)C1CCC(C(C)(C)C)CC1. The Labute approximate surface area is 137 Å². The van der Waals surface area contributed by atoms with Crippen LogP contribution in [0.1, 0.15) is 78.1 Å². The monoisotopic (exact) mass is 356 g/mol. The van der Waals surface area contributed by atoms with Crippen LogP contribution in [0.25, 0.3) is 0 Å². The van der Waals surface area contributed by atoms with E-state index in [0.29, 0.717) is 11.3 Å². The minimum Gasteiger partial charge on any atom is -0.386 e. The van der Waals surface area contributed by atoms with Crippen molar-refractivity contribution >= 4 is 15.9 Å². The summed E-state index contributed by atoms with van der Waals surface area (Å²) in [5, 5.41) is 15.2. The molecule has 0 aromatic carbocycles. The summed E-state index contributed by atoms with van der Waals surface area (Å²) in [6, 6.07) is 0.270. The number of aliphatic hydroxyl groups is 1. The summed E-state index contributed by atoms with van der Waals surface area (Å²) < 4.78 is 2.88. The lowest BCUT2D eigenvalue weighted by Gasteiger charge is -2.38. The van der Waals surface area contributed by atoms with E-state index < -0.39 is 6.10 Å². The molecule has 4 heteroatoms. The summed E-state index contributed by atoms with van der Waals surface area (Å²) in [7, 11) is 0. The number of aromatic nitrogens is 2. The Bertz CT molecular complexity index is 468. The second-order valence-corrected chi connectivity index (χ2v) is 8.69. The molecule has 0 radical (unpaired) electrons. The van der Waals surface area contributed by atoms with E-state index in [1.165, 1.54) is 12.8 Å². The summed E-state index contributed by atoms with van der Waals surface area (Å²) in [5.41, 5.74) is 1.33. The molecular weight excluding hydrogens is 328 g/mol. The molecule has 1 aromatic rings. The highest BCUT2D eigenvalue weighted by Gasteiger charge is 2.34. The smallest absolute Gasteiger partial charge is 0.0996 e. The van der Waals surface area contributed by atoms with Gasteiger partial charge in [0, 0.05) is 6.04 Å². The Morgan fingerprint density at radius 1 is 1.24 bits per heavy atom. The van der Waals surface area contributed by atoms with Gasteiger partial charge in [0.1, 0.15) is 0 Å². The molecule has 0 saturated heterocycles. The van der Waals surface area contributed by atoms with Gasteiger partial charge in [-0.15, -0.1) is 0 Å². The van der Waals surface area contributed by atoms with Crippen molar-refractivity contribution in [2.24, 2.45) is 17.3 Å². The van der Waals surface area contributed by atoms with Crippen LogP contribution in [0.2, 0.25) is 0 Å². The Morgan fingerprint density at radius 3 is 2.29 bits per heavy atom. The normalized spacial score (nSPS) is 25.3. The van der Waals surface area contributed by atoms with Gasteiger partial charge in [0.15, 0.2) is 0 Å². The summed E-state index contributed by atoms with van der Waals surface area (Å²) in [4.78, 5) is 0. The van der Waals surface area contributed by atoms with E-state index in [0.717, 1.165) is 28.9 Å². The third-order valence-electron chi connectivity index (χ3n) is 5.00. The van der Waals surface area contributed by atoms with E-state index >= 15 is 0 Å². The third kappa shape index (κ3) is 3.70. The Hall–Kier alpha value is -0.350. The standard InChI is InChI=1S/C17H29BrN2O/c1-11(2)20-15(14(18)10-19-20)16(21)12-6-8-13(9-7-12)17(3,4)5/h10-13,16,21H,6-9H2,1-5H3. The molecule has 0 amide bonds. The van der Waals surface area contributed by atoms with Crippen molar-refractivity contribution in [3.63, 3.8) is 0 Å². The van der Waals surface area contributed by atoms with Gasteiger partial charge in [-0.2, -0.15) is 5.10 Å². The summed E-state index contributed by atoms with van der Waals surface area (Å²) in [6.07, 6.45) is 6.05. The molecular formula is C17H29BrN2O. The van der Waals surface area contributed by atoms with E-state index in [1.54, 1.807) is 6.20 Å². The largest absolute Gasteiger partial charge is 0.386 e. The third-order valence-corrected chi connectivity index (χ3v) is 5.61. The Balaban J connectivity index is 2.09. The molecule has 120 valence electrons. The number of nitrogens with zero attached hydrogens (tertiary/aromatic N) is 2. The van der Waals surface area contributed by atoms with Crippen molar-refractivity contribution in [3.05, 3.63) is 16.4 Å². The fourth-order valence-electron chi connectivity index (χ4n) is 3.56. The van der Waals surface area contributed by atoms with Gasteiger partial charge in [-0.3, -0.25) is 4.68 Å². The minimum absolute atomic E-state index is 0.270. The first-order chi connectivity index (χ1) is 9.71. The van der Waals surface area contributed by atoms with Gasteiger partial charge in [-0.1, -0.05) is 20.8 Å². The second-order valence-electron chi connectivity index (χ2n) is 7.84. The molecule has 0 bridgehead atoms. The fraction of sp³-hybridized carbons (Fsp3) is 0.824. The number of halogens is 1. The molecule has 1 aromatic heterocycles. The van der Waals surface area contributed by atoms with Crippen LogP contribution in [-0.2, 0) is 0 Å². The predicted octanol–water partition coefficient (Wildman–Crippen LogP) is 5.11. The first kappa shape index (κ1) is 17.0. The highest BCUT2D eigenvalue weighted by molar-refractivity contribution is 9.10. The first-order valence-corrected chi connectivity index (χ1v) is 8.92. The van der Waals surface area contributed by atoms with Crippen molar-refractivity contribution in [2.75, 3.05) is 0 Å². The summed E-state index contributed by atoms with van der Waals surface area (Å²) in [5.74, 6) is 1.13. The van der Waals surface area contributed by atoms with Crippen LogP contribution in [0.3, 0.4) is 0 Å². The number of hydrogen-bond acceptors (Lipinski definition) is 2. The lowest BCUT2D eigenvalue weighted by atomic mass is 9.68. The lowest BCUT2D eigenvalue weighted by molar-refractivity contribution is 0.0460. The average molecular weight is 357 g/mol. The molecule has 0 spiro atoms. The average Bonchev–Trinajstić information content (AvgIpc) is 2.79. The summed E-state index contributed by atoms with van der Waals surface area (Å²) >= 11 is 3.55. The quantitative estimate of drug-likeness (QED) is 0.816. The summed E-state index contributed by atoms with van der Waals surface area (Å²) in [6.45, 7) is 11.2. The van der Waals surface area contributed by atoms with Crippen LogP contribution in [0.4, 0.5) is 0 Å². The fourth-order valence-corrected chi connectivity index (χ4v) is 4.07. The minimum atomic E-state index is -0.412. The molecule has 2 rings (SSSR count). The molecule has 3 nitrogen and oxygen atoms in total. The maximum absolute atomic E-state index is 10.8. The van der Waals surface area contributed by atoms with Gasteiger partial charge in [0.25, 0.3) is 0 Å². The van der Waals surface area contributed by atoms with E-state index in [2.05, 4.69) is 55.6 Å². The van der Waals surface area contributed by atoms with Crippen LogP contribution in [-0.4, -0.2) is 14.9 Å². The second kappa shape index (κ2) is 6.41. The number of rotatable bonds is 3. The molecule has 1 unspecified atom stereocenters. The van der Waals surface area contributed by atoms with Gasteiger partial charge >= 0.3 is 0 Å². The van der Waals surface area contributed by atoms with Crippen molar-refractivity contribution < 1.29 is 5.11 Å². The van der Waals surface area contributed by atoms with E-state index in [-0.39, 0.29) is 6.04 Å². The zero-order valence-corrected chi connectivity index (χ0v) is 15.5. The number of aliphatic hydroxyl groups excluding tert-OH is 1. The van der Waals surface area contributed by atoms with Gasteiger partial charge in [0.05, 0.1) is 22.5 Å². The topological polar surface area (TPSA) is 38.0 Å². The van der Waals surface area contributed by atoms with Crippen LogP contribution in [0.15, 0.2) is 10.7 Å². The van der Waals surface area contributed by atoms with Crippen LogP contribution < -0.4 is 0 Å². The molecule has 21 heavy (non-hydrogen) atoms. The van der Waals surface area contributed by atoms with Gasteiger partial charge in [0.2, 0.25) is 0 Å². The lowest BCUT2D eigenvalue weighted by Crippen LogP contribution is -2.29. The molecule has 1 fully saturated rings. The first-order valence-electron chi connectivity index (χ1n) is 8.12. The van der Waals surface area contributed by atoms with Crippen molar-refractivity contribution in [2.45, 2.75) is 72.4 Å². The predicted molar refractivity (Wildman–Crippen MR) is 90.2 cm³/mol. The van der Waals surface area contributed by atoms with E-state index in [1.807, 2.05) is 4.68 Å². The van der Waals surface area contributed by atoms with Crippen LogP contribution >= 0.6 is 15.9 Å². The molecule has 1 atom stereocenters. The van der Waals surface area contributed by atoms with Crippen LogP contribution in [0.5, 0.6) is 0 Å². The molecule has 0 aliphatic heterocycles.